The molecule has 0 atom stereocenters. The maximum Gasteiger partial charge on any atom is 0.316 e. The van der Waals surface area contributed by atoms with E-state index in [2.05, 4.69) is 10.2 Å². The van der Waals surface area contributed by atoms with Crippen molar-refractivity contribution in [2.75, 3.05) is 5.75 Å². The van der Waals surface area contributed by atoms with Crippen LogP contribution in [-0.2, 0) is 22.7 Å². The second kappa shape index (κ2) is 7.93. The summed E-state index contributed by atoms with van der Waals surface area (Å²) in [5.74, 6) is 1.74. The Balaban J connectivity index is 1.38. The summed E-state index contributed by atoms with van der Waals surface area (Å²) in [5.41, 5.74) is 1.78. The molecule has 0 saturated heterocycles. The van der Waals surface area contributed by atoms with Crippen LogP contribution in [0.15, 0.2) is 56.7 Å². The van der Waals surface area contributed by atoms with Gasteiger partial charge in [-0.15, -0.1) is 10.2 Å². The number of nitrogens with zero attached hydrogens (tertiary/aromatic N) is 3. The Morgan fingerprint density at radius 2 is 2.07 bits per heavy atom. The molecule has 0 saturated carbocycles. The maximum absolute atomic E-state index is 12.2. The normalized spacial score (nSPS) is 11.2. The van der Waals surface area contributed by atoms with Crippen molar-refractivity contribution >= 4 is 28.7 Å². The van der Waals surface area contributed by atoms with E-state index in [9.17, 15) is 4.79 Å². The van der Waals surface area contributed by atoms with Crippen molar-refractivity contribution in [3.8, 4) is 11.6 Å². The van der Waals surface area contributed by atoms with Gasteiger partial charge in [-0.1, -0.05) is 30.0 Å². The summed E-state index contributed by atoms with van der Waals surface area (Å²) in [7, 11) is 0. The predicted molar refractivity (Wildman–Crippen MR) is 105 cm³/mol. The molecule has 4 aromatic rings. The van der Waals surface area contributed by atoms with Crippen LogP contribution in [0.5, 0.6) is 0 Å². The number of esters is 1. The van der Waals surface area contributed by atoms with E-state index in [-0.39, 0.29) is 18.3 Å². The van der Waals surface area contributed by atoms with Gasteiger partial charge in [-0.3, -0.25) is 9.36 Å². The Kier molecular flexibility index (Phi) is 5.21. The van der Waals surface area contributed by atoms with E-state index in [1.165, 1.54) is 11.8 Å². The van der Waals surface area contributed by atoms with Crippen molar-refractivity contribution in [3.63, 3.8) is 0 Å². The fraction of sp³-hybridized carbons (Fsp3) is 0.250. The Morgan fingerprint density at radius 1 is 1.21 bits per heavy atom. The third-order valence-electron chi connectivity index (χ3n) is 4.40. The number of carbonyl (C=O) groups is 1. The first kappa shape index (κ1) is 18.4. The Labute approximate surface area is 165 Å². The fourth-order valence-corrected chi connectivity index (χ4v) is 3.74. The zero-order valence-electron chi connectivity index (χ0n) is 15.5. The third-order valence-corrected chi connectivity index (χ3v) is 5.34. The van der Waals surface area contributed by atoms with Gasteiger partial charge in [0.15, 0.2) is 16.7 Å². The third kappa shape index (κ3) is 3.55. The monoisotopic (exact) mass is 397 g/mol. The van der Waals surface area contributed by atoms with Crippen LogP contribution in [0, 0.1) is 6.92 Å². The lowest BCUT2D eigenvalue weighted by Gasteiger charge is -2.06. The smallest absolute Gasteiger partial charge is 0.316 e. The Bertz CT molecular complexity index is 1100. The standard InChI is InChI=1S/C20H19N3O4S/c1-3-23-19(16-9-6-10-25-16)21-22-20(23)28-12-18(24)26-11-17-13(2)14-7-4-5-8-15(14)27-17/h4-10H,3,11-12H2,1-2H3. The minimum atomic E-state index is -0.338. The first-order chi connectivity index (χ1) is 13.7. The lowest BCUT2D eigenvalue weighted by molar-refractivity contribution is -0.142. The number of furan rings is 2. The van der Waals surface area contributed by atoms with Crippen molar-refractivity contribution in [1.82, 2.24) is 14.8 Å². The number of para-hydroxylation sites is 1. The molecule has 0 aliphatic rings. The second-order valence-electron chi connectivity index (χ2n) is 6.12. The number of hydrogen-bond donors (Lipinski definition) is 0. The highest BCUT2D eigenvalue weighted by atomic mass is 32.2. The molecule has 4 rings (SSSR count). The molecule has 0 aliphatic carbocycles. The van der Waals surface area contributed by atoms with Gasteiger partial charge in [0.05, 0.1) is 12.0 Å². The van der Waals surface area contributed by atoms with Gasteiger partial charge in [-0.25, -0.2) is 0 Å². The highest BCUT2D eigenvalue weighted by molar-refractivity contribution is 7.99. The van der Waals surface area contributed by atoms with E-state index in [0.29, 0.717) is 29.0 Å². The van der Waals surface area contributed by atoms with Crippen molar-refractivity contribution in [2.24, 2.45) is 0 Å². The van der Waals surface area contributed by atoms with Crippen LogP contribution in [0.3, 0.4) is 0 Å². The lowest BCUT2D eigenvalue weighted by atomic mass is 10.1. The van der Waals surface area contributed by atoms with Gasteiger partial charge in [-0.05, 0) is 32.0 Å². The van der Waals surface area contributed by atoms with Crippen LogP contribution in [-0.4, -0.2) is 26.5 Å². The van der Waals surface area contributed by atoms with Crippen LogP contribution < -0.4 is 0 Å². The van der Waals surface area contributed by atoms with Crippen LogP contribution in [0.25, 0.3) is 22.6 Å². The number of aryl methyl sites for hydroxylation is 1. The van der Waals surface area contributed by atoms with Crippen LogP contribution in [0.4, 0.5) is 0 Å². The summed E-state index contributed by atoms with van der Waals surface area (Å²) in [5, 5.41) is 10.0. The van der Waals surface area contributed by atoms with E-state index >= 15 is 0 Å². The summed E-state index contributed by atoms with van der Waals surface area (Å²) in [6.07, 6.45) is 1.59. The minimum absolute atomic E-state index is 0.109. The van der Waals surface area contributed by atoms with Gasteiger partial charge in [0.25, 0.3) is 0 Å². The molecular weight excluding hydrogens is 378 g/mol. The van der Waals surface area contributed by atoms with Crippen molar-refractivity contribution in [1.29, 1.82) is 0 Å². The average Bonchev–Trinajstić information content (AvgIpc) is 3.44. The molecule has 0 radical (unpaired) electrons. The SMILES string of the molecule is CCn1c(SCC(=O)OCc2oc3ccccc3c2C)nnc1-c1ccco1. The van der Waals surface area contributed by atoms with Crippen molar-refractivity contribution < 1.29 is 18.4 Å². The molecule has 28 heavy (non-hydrogen) atoms. The highest BCUT2D eigenvalue weighted by Crippen LogP contribution is 2.26. The molecule has 7 nitrogen and oxygen atoms in total. The molecule has 3 aromatic heterocycles. The summed E-state index contributed by atoms with van der Waals surface area (Å²) in [6.45, 7) is 4.72. The fourth-order valence-electron chi connectivity index (χ4n) is 2.94. The lowest BCUT2D eigenvalue weighted by Crippen LogP contribution is -2.08. The molecule has 3 heterocycles. The number of rotatable bonds is 7. The molecule has 0 amide bonds. The largest absolute Gasteiger partial charge is 0.461 e. The zero-order chi connectivity index (χ0) is 19.5. The summed E-state index contributed by atoms with van der Waals surface area (Å²) >= 11 is 1.28. The summed E-state index contributed by atoms with van der Waals surface area (Å²) < 4.78 is 18.4. The molecular formula is C20H19N3O4S. The minimum Gasteiger partial charge on any atom is -0.461 e. The number of hydrogen-bond acceptors (Lipinski definition) is 7. The van der Waals surface area contributed by atoms with Gasteiger partial charge in [0.1, 0.15) is 18.0 Å². The molecule has 0 fully saturated rings. The average molecular weight is 397 g/mol. The molecule has 0 spiro atoms. The molecule has 0 bridgehead atoms. The molecule has 0 unspecified atom stereocenters. The molecule has 0 aliphatic heterocycles. The van der Waals surface area contributed by atoms with Gasteiger partial charge >= 0.3 is 5.97 Å². The quantitative estimate of drug-likeness (QED) is 0.336. The van der Waals surface area contributed by atoms with E-state index in [0.717, 1.165) is 16.5 Å². The molecule has 1 aromatic carbocycles. The molecule has 0 N–H and O–H groups in total. The highest BCUT2D eigenvalue weighted by Gasteiger charge is 2.17. The summed E-state index contributed by atoms with van der Waals surface area (Å²) in [6, 6.07) is 11.4. The first-order valence-electron chi connectivity index (χ1n) is 8.90. The van der Waals surface area contributed by atoms with Gasteiger partial charge in [0.2, 0.25) is 0 Å². The maximum atomic E-state index is 12.2. The summed E-state index contributed by atoms with van der Waals surface area (Å²) in [4.78, 5) is 12.2. The van der Waals surface area contributed by atoms with E-state index in [1.54, 1.807) is 12.3 Å². The van der Waals surface area contributed by atoms with Gasteiger partial charge < -0.3 is 13.6 Å². The second-order valence-corrected chi connectivity index (χ2v) is 7.07. The van der Waals surface area contributed by atoms with E-state index in [1.807, 2.05) is 48.7 Å². The van der Waals surface area contributed by atoms with Gasteiger partial charge in [0, 0.05) is 17.5 Å². The van der Waals surface area contributed by atoms with Crippen LogP contribution in [0.1, 0.15) is 18.2 Å². The van der Waals surface area contributed by atoms with E-state index in [4.69, 9.17) is 13.6 Å². The number of carbonyl (C=O) groups excluding carboxylic acids is 1. The van der Waals surface area contributed by atoms with Crippen molar-refractivity contribution in [2.45, 2.75) is 32.2 Å². The number of aromatic nitrogens is 3. The number of fused-ring (bicyclic) bond motifs is 1. The Hall–Kier alpha value is -3.00. The number of thioether (sulfide) groups is 1. The van der Waals surface area contributed by atoms with Crippen LogP contribution >= 0.6 is 11.8 Å². The predicted octanol–water partition coefficient (Wildman–Crippen LogP) is 4.45. The van der Waals surface area contributed by atoms with Crippen LogP contribution in [0.2, 0.25) is 0 Å². The Morgan fingerprint density at radius 3 is 2.82 bits per heavy atom. The number of ether oxygens (including phenoxy) is 1. The van der Waals surface area contributed by atoms with Gasteiger partial charge in [-0.2, -0.15) is 0 Å². The van der Waals surface area contributed by atoms with E-state index < -0.39 is 0 Å². The molecule has 8 heteroatoms. The zero-order valence-corrected chi connectivity index (χ0v) is 16.4. The first-order valence-corrected chi connectivity index (χ1v) is 9.88. The molecule has 144 valence electrons. The number of benzene rings is 1. The topological polar surface area (TPSA) is 83.3 Å². The van der Waals surface area contributed by atoms with Crippen molar-refractivity contribution in [3.05, 3.63) is 54.0 Å².